The van der Waals surface area contributed by atoms with Crippen molar-refractivity contribution < 1.29 is 4.79 Å². The average Bonchev–Trinajstić information content (AvgIpc) is 2.63. The summed E-state index contributed by atoms with van der Waals surface area (Å²) >= 11 is 5.84. The van der Waals surface area contributed by atoms with Crippen molar-refractivity contribution in [3.63, 3.8) is 0 Å². The summed E-state index contributed by atoms with van der Waals surface area (Å²) in [6, 6.07) is 16.7. The number of nitriles is 1. The topological polar surface area (TPSA) is 59.4 Å². The first-order valence-electron chi connectivity index (χ1n) is 7.73. The van der Waals surface area contributed by atoms with Gasteiger partial charge < -0.3 is 15.1 Å². The van der Waals surface area contributed by atoms with E-state index in [-0.39, 0.29) is 6.03 Å². The van der Waals surface area contributed by atoms with Gasteiger partial charge in [0.25, 0.3) is 0 Å². The summed E-state index contributed by atoms with van der Waals surface area (Å²) in [5.41, 5.74) is 2.32. The fourth-order valence-corrected chi connectivity index (χ4v) is 2.86. The highest BCUT2D eigenvalue weighted by atomic mass is 35.5. The second-order valence-electron chi connectivity index (χ2n) is 5.54. The van der Waals surface area contributed by atoms with Crippen molar-refractivity contribution in [2.45, 2.75) is 0 Å². The molecule has 6 heteroatoms. The zero-order valence-electron chi connectivity index (χ0n) is 13.1. The Morgan fingerprint density at radius 2 is 1.71 bits per heavy atom. The molecule has 0 saturated carbocycles. The molecular weight excluding hydrogens is 324 g/mol. The Morgan fingerprint density at radius 3 is 2.38 bits per heavy atom. The first-order chi connectivity index (χ1) is 11.7. The zero-order valence-corrected chi connectivity index (χ0v) is 13.8. The van der Waals surface area contributed by atoms with Gasteiger partial charge in [-0.05, 0) is 36.4 Å². The standard InChI is InChI=1S/C18H17ClN4O/c19-15-5-7-16(8-6-15)21-18(24)23-11-9-22(10-12-23)17-4-2-1-3-14(17)13-20/h1-8H,9-12H2,(H,21,24). The molecule has 1 aliphatic heterocycles. The number of piperazine rings is 1. The molecule has 24 heavy (non-hydrogen) atoms. The van der Waals surface area contributed by atoms with Gasteiger partial charge in [-0.2, -0.15) is 5.26 Å². The molecule has 5 nitrogen and oxygen atoms in total. The van der Waals surface area contributed by atoms with Crippen molar-refractivity contribution in [2.24, 2.45) is 0 Å². The third-order valence-corrected chi connectivity index (χ3v) is 4.28. The van der Waals surface area contributed by atoms with Gasteiger partial charge in [-0.1, -0.05) is 23.7 Å². The highest BCUT2D eigenvalue weighted by Gasteiger charge is 2.22. The van der Waals surface area contributed by atoms with Crippen molar-refractivity contribution in [3.8, 4) is 6.07 Å². The number of urea groups is 1. The van der Waals surface area contributed by atoms with Crippen LogP contribution in [-0.4, -0.2) is 37.1 Å². The maximum absolute atomic E-state index is 12.3. The minimum Gasteiger partial charge on any atom is -0.367 e. The number of benzene rings is 2. The molecule has 0 radical (unpaired) electrons. The number of carbonyl (C=O) groups is 1. The van der Waals surface area contributed by atoms with E-state index < -0.39 is 0 Å². The number of anilines is 2. The minimum absolute atomic E-state index is 0.120. The lowest BCUT2D eigenvalue weighted by atomic mass is 10.1. The van der Waals surface area contributed by atoms with E-state index in [9.17, 15) is 10.1 Å². The Bertz CT molecular complexity index is 761. The number of para-hydroxylation sites is 1. The molecule has 0 bridgehead atoms. The molecule has 3 rings (SSSR count). The van der Waals surface area contributed by atoms with Gasteiger partial charge in [-0.3, -0.25) is 0 Å². The number of amides is 2. The van der Waals surface area contributed by atoms with Crippen LogP contribution in [0.5, 0.6) is 0 Å². The smallest absolute Gasteiger partial charge is 0.321 e. The predicted molar refractivity (Wildman–Crippen MR) is 95.4 cm³/mol. The van der Waals surface area contributed by atoms with E-state index in [1.165, 1.54) is 0 Å². The normalized spacial score (nSPS) is 14.2. The van der Waals surface area contributed by atoms with Gasteiger partial charge >= 0.3 is 6.03 Å². The monoisotopic (exact) mass is 340 g/mol. The molecule has 0 spiro atoms. The summed E-state index contributed by atoms with van der Waals surface area (Å²) in [6.45, 7) is 2.62. The third-order valence-electron chi connectivity index (χ3n) is 4.03. The molecule has 0 aliphatic carbocycles. The lowest BCUT2D eigenvalue weighted by Crippen LogP contribution is -2.50. The van der Waals surface area contributed by atoms with Gasteiger partial charge in [-0.25, -0.2) is 4.79 Å². The van der Waals surface area contributed by atoms with Crippen LogP contribution in [0.1, 0.15) is 5.56 Å². The second kappa shape index (κ2) is 7.24. The van der Waals surface area contributed by atoms with E-state index in [0.29, 0.717) is 36.8 Å². The Morgan fingerprint density at radius 1 is 1.04 bits per heavy atom. The van der Waals surface area contributed by atoms with Crippen LogP contribution in [0.3, 0.4) is 0 Å². The Balaban J connectivity index is 1.59. The lowest BCUT2D eigenvalue weighted by molar-refractivity contribution is 0.208. The first kappa shape index (κ1) is 16.2. The maximum Gasteiger partial charge on any atom is 0.321 e. The zero-order chi connectivity index (χ0) is 16.9. The molecule has 0 unspecified atom stereocenters. The van der Waals surface area contributed by atoms with E-state index >= 15 is 0 Å². The third kappa shape index (κ3) is 3.61. The molecule has 1 saturated heterocycles. The molecule has 1 heterocycles. The highest BCUT2D eigenvalue weighted by Crippen LogP contribution is 2.21. The molecular formula is C18H17ClN4O. The Hall–Kier alpha value is -2.71. The summed E-state index contributed by atoms with van der Waals surface area (Å²) < 4.78 is 0. The maximum atomic E-state index is 12.3. The van der Waals surface area contributed by atoms with Crippen LogP contribution >= 0.6 is 11.6 Å². The summed E-state index contributed by atoms with van der Waals surface area (Å²) in [5, 5.41) is 12.7. The Kier molecular flexibility index (Phi) is 4.88. The number of carbonyl (C=O) groups excluding carboxylic acids is 1. The van der Waals surface area contributed by atoms with Crippen molar-refractivity contribution in [1.82, 2.24) is 4.90 Å². The highest BCUT2D eigenvalue weighted by molar-refractivity contribution is 6.30. The van der Waals surface area contributed by atoms with Crippen LogP contribution in [0.25, 0.3) is 0 Å². The summed E-state index contributed by atoms with van der Waals surface area (Å²) in [6.07, 6.45) is 0. The second-order valence-corrected chi connectivity index (χ2v) is 5.98. The number of hydrogen-bond acceptors (Lipinski definition) is 3. The number of nitrogens with zero attached hydrogens (tertiary/aromatic N) is 3. The van der Waals surface area contributed by atoms with E-state index in [0.717, 1.165) is 11.4 Å². The first-order valence-corrected chi connectivity index (χ1v) is 8.11. The van der Waals surface area contributed by atoms with Gasteiger partial charge in [-0.15, -0.1) is 0 Å². The summed E-state index contributed by atoms with van der Waals surface area (Å²) in [5.74, 6) is 0. The quantitative estimate of drug-likeness (QED) is 0.909. The average molecular weight is 341 g/mol. The van der Waals surface area contributed by atoms with Gasteiger partial charge in [0.15, 0.2) is 0 Å². The molecule has 2 aromatic carbocycles. The number of halogens is 1. The SMILES string of the molecule is N#Cc1ccccc1N1CCN(C(=O)Nc2ccc(Cl)cc2)CC1. The van der Waals surface area contributed by atoms with Gasteiger partial charge in [0.05, 0.1) is 11.3 Å². The Labute approximate surface area is 146 Å². The molecule has 2 aromatic rings. The molecule has 0 aromatic heterocycles. The molecule has 1 N–H and O–H groups in total. The van der Waals surface area contributed by atoms with E-state index in [2.05, 4.69) is 16.3 Å². The number of hydrogen-bond donors (Lipinski definition) is 1. The fraction of sp³-hybridized carbons (Fsp3) is 0.222. The van der Waals surface area contributed by atoms with Crippen molar-refractivity contribution in [2.75, 3.05) is 36.4 Å². The molecule has 1 aliphatic rings. The van der Waals surface area contributed by atoms with Crippen LogP contribution in [0.15, 0.2) is 48.5 Å². The fourth-order valence-electron chi connectivity index (χ4n) is 2.73. The molecule has 2 amide bonds. The van der Waals surface area contributed by atoms with Gasteiger partial charge in [0.2, 0.25) is 0 Å². The number of rotatable bonds is 2. The lowest BCUT2D eigenvalue weighted by Gasteiger charge is -2.36. The van der Waals surface area contributed by atoms with Gasteiger partial charge in [0, 0.05) is 36.9 Å². The molecule has 0 atom stereocenters. The minimum atomic E-state index is -0.120. The largest absolute Gasteiger partial charge is 0.367 e. The van der Waals surface area contributed by atoms with Crippen LogP contribution in [0.2, 0.25) is 5.02 Å². The van der Waals surface area contributed by atoms with Crippen LogP contribution in [0.4, 0.5) is 16.2 Å². The molecule has 122 valence electrons. The van der Waals surface area contributed by atoms with Crippen molar-refractivity contribution >= 4 is 29.0 Å². The molecule has 1 fully saturated rings. The van der Waals surface area contributed by atoms with Crippen LogP contribution < -0.4 is 10.2 Å². The number of nitrogens with one attached hydrogen (secondary N) is 1. The van der Waals surface area contributed by atoms with E-state index in [4.69, 9.17) is 11.6 Å². The summed E-state index contributed by atoms with van der Waals surface area (Å²) in [7, 11) is 0. The van der Waals surface area contributed by atoms with Crippen molar-refractivity contribution in [1.29, 1.82) is 5.26 Å². The van der Waals surface area contributed by atoms with E-state index in [1.54, 1.807) is 29.2 Å². The van der Waals surface area contributed by atoms with Crippen LogP contribution in [0, 0.1) is 11.3 Å². The summed E-state index contributed by atoms with van der Waals surface area (Å²) in [4.78, 5) is 16.3. The van der Waals surface area contributed by atoms with E-state index in [1.807, 2.05) is 24.3 Å². The van der Waals surface area contributed by atoms with Gasteiger partial charge in [0.1, 0.15) is 6.07 Å². The predicted octanol–water partition coefficient (Wildman–Crippen LogP) is 3.57. The van der Waals surface area contributed by atoms with Crippen LogP contribution in [-0.2, 0) is 0 Å². The van der Waals surface area contributed by atoms with Crippen molar-refractivity contribution in [3.05, 3.63) is 59.1 Å².